The number of piperidine rings is 1. The number of aryl methyl sites for hydroxylation is 2. The van der Waals surface area contributed by atoms with Gasteiger partial charge in [0.2, 0.25) is 11.8 Å². The Balaban J connectivity index is 0.000000913. The third kappa shape index (κ3) is 5.79. The molecule has 1 amide bonds. The van der Waals surface area contributed by atoms with Gasteiger partial charge in [-0.25, -0.2) is 0 Å². The number of amides is 1. The average Bonchev–Trinajstić information content (AvgIpc) is 3.41. The summed E-state index contributed by atoms with van der Waals surface area (Å²) < 4.78 is 13.0. The lowest BCUT2D eigenvalue weighted by Gasteiger charge is -2.51. The summed E-state index contributed by atoms with van der Waals surface area (Å²) in [5.74, 6) is 1.00. The van der Waals surface area contributed by atoms with Crippen molar-refractivity contribution in [2.24, 2.45) is 0 Å². The normalized spacial score (nSPS) is 24.5. The van der Waals surface area contributed by atoms with Crippen molar-refractivity contribution in [2.45, 2.75) is 63.3 Å². The second kappa shape index (κ2) is 10.0. The molecule has 2 fully saturated rings. The minimum absolute atomic E-state index is 0.133. The van der Waals surface area contributed by atoms with Crippen LogP contribution in [-0.4, -0.2) is 84.4 Å². The Morgan fingerprint density at radius 3 is 2.56 bits per heavy atom. The summed E-state index contributed by atoms with van der Waals surface area (Å²) in [6.45, 7) is 5.52. The van der Waals surface area contributed by atoms with E-state index in [1.807, 2.05) is 0 Å². The van der Waals surface area contributed by atoms with Gasteiger partial charge in [-0.1, -0.05) is 0 Å². The highest BCUT2D eigenvalue weighted by Crippen LogP contribution is 2.40. The molecule has 2 aliphatic rings. The van der Waals surface area contributed by atoms with Crippen molar-refractivity contribution < 1.29 is 29.1 Å². The Morgan fingerprint density at radius 2 is 2.00 bits per heavy atom. The number of ether oxygens (including phenoxy) is 1. The highest BCUT2D eigenvalue weighted by Gasteiger charge is 2.49. The fourth-order valence-corrected chi connectivity index (χ4v) is 4.15. The number of hydrogen-bond acceptors (Lipinski definition) is 10. The molecule has 13 heteroatoms. The smallest absolute Gasteiger partial charge is 0.290 e. The maximum Gasteiger partial charge on any atom is 0.290 e. The number of anilines is 1. The van der Waals surface area contributed by atoms with Crippen LogP contribution < -0.4 is 10.2 Å². The van der Waals surface area contributed by atoms with Gasteiger partial charge in [0, 0.05) is 39.4 Å². The predicted octanol–water partition coefficient (Wildman–Crippen LogP) is -0.244. The van der Waals surface area contributed by atoms with Crippen LogP contribution in [0.15, 0.2) is 17.2 Å². The number of rotatable bonds is 5. The van der Waals surface area contributed by atoms with E-state index in [1.54, 1.807) is 31.1 Å². The number of carboxylic acid groups (broad SMARTS) is 1. The van der Waals surface area contributed by atoms with Gasteiger partial charge in [-0.2, -0.15) is 4.98 Å². The van der Waals surface area contributed by atoms with Crippen LogP contribution in [0.4, 0.5) is 5.95 Å². The Bertz CT molecular complexity index is 877. The molecule has 32 heavy (non-hydrogen) atoms. The topological polar surface area (TPSA) is 169 Å². The second-order valence-electron chi connectivity index (χ2n) is 8.30. The van der Waals surface area contributed by atoms with Crippen LogP contribution in [0, 0.1) is 6.92 Å². The highest BCUT2D eigenvalue weighted by atomic mass is 16.5. The molecule has 4 rings (SSSR count). The quantitative estimate of drug-likeness (QED) is 0.513. The third-order valence-corrected chi connectivity index (χ3v) is 5.86. The van der Waals surface area contributed by atoms with Crippen LogP contribution in [0.5, 0.6) is 0 Å². The molecule has 13 nitrogen and oxygen atoms in total. The van der Waals surface area contributed by atoms with E-state index in [4.69, 9.17) is 19.2 Å². The number of carbonyl (C=O) groups is 2. The molecule has 1 spiro atoms. The number of aromatic nitrogens is 5. The van der Waals surface area contributed by atoms with Gasteiger partial charge >= 0.3 is 0 Å². The van der Waals surface area contributed by atoms with E-state index >= 15 is 0 Å². The number of nitrogens with one attached hydrogen (secondary N) is 1. The maximum absolute atomic E-state index is 12.3. The number of nitrogens with zero attached hydrogens (tertiary/aromatic N) is 6. The van der Waals surface area contributed by atoms with Crippen molar-refractivity contribution in [3.05, 3.63) is 18.5 Å². The third-order valence-electron chi connectivity index (χ3n) is 5.86. The first-order valence-electron chi connectivity index (χ1n) is 10.4. The molecule has 0 unspecified atom stereocenters. The molecule has 0 saturated carbocycles. The lowest BCUT2D eigenvalue weighted by Crippen LogP contribution is -2.64. The fourth-order valence-electron chi connectivity index (χ4n) is 4.15. The highest BCUT2D eigenvalue weighted by molar-refractivity contribution is 5.76. The molecule has 2 saturated heterocycles. The molecule has 0 aromatic carbocycles. The summed E-state index contributed by atoms with van der Waals surface area (Å²) in [5, 5.41) is 32.3. The number of hydrogen-bond donors (Lipinski definition) is 3. The molecule has 0 bridgehead atoms. The molecule has 0 aliphatic carbocycles. The molecule has 2 aromatic heterocycles. The largest absolute Gasteiger partial charge is 0.483 e. The van der Waals surface area contributed by atoms with Crippen LogP contribution in [0.2, 0.25) is 0 Å². The summed E-state index contributed by atoms with van der Waals surface area (Å²) in [7, 11) is 0. The van der Waals surface area contributed by atoms with Crippen molar-refractivity contribution >= 4 is 18.3 Å². The zero-order valence-corrected chi connectivity index (χ0v) is 18.2. The zero-order chi connectivity index (χ0) is 23.2. The van der Waals surface area contributed by atoms with Gasteiger partial charge in [0.15, 0.2) is 0 Å². The van der Waals surface area contributed by atoms with Crippen LogP contribution in [0.25, 0.3) is 0 Å². The molecule has 0 radical (unpaired) electrons. The fraction of sp³-hybridized carbons (Fsp3) is 0.684. The van der Waals surface area contributed by atoms with Gasteiger partial charge in [-0.3, -0.25) is 9.59 Å². The van der Waals surface area contributed by atoms with Crippen LogP contribution in [-0.2, 0) is 20.9 Å². The summed E-state index contributed by atoms with van der Waals surface area (Å²) in [6, 6.07) is -0.445. The molecular weight excluding hydrogens is 422 g/mol. The Morgan fingerprint density at radius 1 is 1.34 bits per heavy atom. The number of carbonyl (C=O) groups excluding carboxylic acids is 1. The van der Waals surface area contributed by atoms with Gasteiger partial charge in [0.05, 0.1) is 23.9 Å². The molecule has 3 N–H and O–H groups in total. The molecule has 2 aliphatic heterocycles. The van der Waals surface area contributed by atoms with Crippen LogP contribution in [0.1, 0.15) is 38.5 Å². The first kappa shape index (κ1) is 23.6. The van der Waals surface area contributed by atoms with Crippen molar-refractivity contribution in [3.8, 4) is 0 Å². The monoisotopic (exact) mass is 451 g/mol. The SMILES string of the molecule is Cc1nc(N2CCC3(CC2)C[C@](C)(O)[C@@H](NC(=O)CCn2cnnc2)CO3)no1.O=CO. The van der Waals surface area contributed by atoms with Crippen molar-refractivity contribution in [1.82, 2.24) is 30.2 Å². The van der Waals surface area contributed by atoms with E-state index in [1.165, 1.54) is 0 Å². The summed E-state index contributed by atoms with van der Waals surface area (Å²) in [4.78, 5) is 27.0. The zero-order valence-electron chi connectivity index (χ0n) is 18.2. The summed E-state index contributed by atoms with van der Waals surface area (Å²) >= 11 is 0. The van der Waals surface area contributed by atoms with Gasteiger partial charge < -0.3 is 34.3 Å². The van der Waals surface area contributed by atoms with Crippen molar-refractivity contribution in [1.29, 1.82) is 0 Å². The Kier molecular flexibility index (Phi) is 7.40. The number of aliphatic hydroxyl groups is 1. The minimum atomic E-state index is -1.05. The van der Waals surface area contributed by atoms with Crippen LogP contribution in [0.3, 0.4) is 0 Å². The molecule has 2 atom stereocenters. The lowest BCUT2D eigenvalue weighted by atomic mass is 9.75. The van der Waals surface area contributed by atoms with E-state index in [-0.39, 0.29) is 25.4 Å². The van der Waals surface area contributed by atoms with E-state index in [2.05, 4.69) is 30.6 Å². The molecule has 2 aromatic rings. The minimum Gasteiger partial charge on any atom is -0.483 e. The van der Waals surface area contributed by atoms with Crippen molar-refractivity contribution in [3.63, 3.8) is 0 Å². The first-order chi connectivity index (χ1) is 15.3. The summed E-state index contributed by atoms with van der Waals surface area (Å²) in [6.07, 6.45) is 5.40. The standard InChI is InChI=1S/C18H27N7O4.CH2O2/c1-13-21-16(23-29-13)25-7-4-18(5-8-25)10-17(2,27)14(9-28-18)22-15(26)3-6-24-11-19-20-12-24;2-1-3/h11-12,14,27H,3-10H2,1-2H3,(H,22,26);1H,(H,2,3)/t14-,17-;/m0./s1. The summed E-state index contributed by atoms with van der Waals surface area (Å²) in [5.41, 5.74) is -1.45. The maximum atomic E-state index is 12.3. The van der Waals surface area contributed by atoms with E-state index in [9.17, 15) is 9.90 Å². The molecule has 4 heterocycles. The Labute approximate surface area is 184 Å². The van der Waals surface area contributed by atoms with Crippen molar-refractivity contribution in [2.75, 3.05) is 24.6 Å². The predicted molar refractivity (Wildman–Crippen MR) is 110 cm³/mol. The van der Waals surface area contributed by atoms with E-state index < -0.39 is 17.2 Å². The van der Waals surface area contributed by atoms with Gasteiger partial charge in [0.25, 0.3) is 12.4 Å². The van der Waals surface area contributed by atoms with Gasteiger partial charge in [-0.15, -0.1) is 10.2 Å². The molecule has 176 valence electrons. The average molecular weight is 451 g/mol. The van der Waals surface area contributed by atoms with E-state index in [0.717, 1.165) is 25.9 Å². The van der Waals surface area contributed by atoms with E-state index in [0.29, 0.717) is 24.8 Å². The Hall–Kier alpha value is -3.06. The first-order valence-corrected chi connectivity index (χ1v) is 10.4. The lowest BCUT2D eigenvalue weighted by molar-refractivity contribution is -0.181. The van der Waals surface area contributed by atoms with Crippen LogP contribution >= 0.6 is 0 Å². The second-order valence-corrected chi connectivity index (χ2v) is 8.30. The molecular formula is C19H29N7O6. The van der Waals surface area contributed by atoms with Gasteiger partial charge in [-0.05, 0) is 24.9 Å². The van der Waals surface area contributed by atoms with Gasteiger partial charge in [0.1, 0.15) is 12.7 Å².